The summed E-state index contributed by atoms with van der Waals surface area (Å²) in [5.41, 5.74) is -0.631. The van der Waals surface area contributed by atoms with E-state index in [1.54, 1.807) is 7.11 Å². The van der Waals surface area contributed by atoms with Crippen LogP contribution in [0.15, 0.2) is 35.9 Å². The van der Waals surface area contributed by atoms with E-state index in [9.17, 15) is 14.7 Å². The van der Waals surface area contributed by atoms with Gasteiger partial charge in [-0.2, -0.15) is 0 Å². The van der Waals surface area contributed by atoms with Crippen LogP contribution < -0.4 is 4.74 Å². The van der Waals surface area contributed by atoms with Crippen molar-refractivity contribution in [2.75, 3.05) is 13.7 Å². The van der Waals surface area contributed by atoms with E-state index in [0.717, 1.165) is 42.4 Å². The summed E-state index contributed by atoms with van der Waals surface area (Å²) in [6.07, 6.45) is 6.82. The number of rotatable bonds is 7. The van der Waals surface area contributed by atoms with Gasteiger partial charge in [0.2, 0.25) is 0 Å². The number of aliphatic hydroxyl groups excluding tert-OH is 1. The third-order valence-corrected chi connectivity index (χ3v) is 9.92. The van der Waals surface area contributed by atoms with Gasteiger partial charge in [-0.05, 0) is 66.5 Å². The van der Waals surface area contributed by atoms with E-state index in [4.69, 9.17) is 9.47 Å². The van der Waals surface area contributed by atoms with Gasteiger partial charge in [0, 0.05) is 5.41 Å². The number of aliphatic hydroxyl groups is 1. The van der Waals surface area contributed by atoms with Gasteiger partial charge in [0.15, 0.2) is 0 Å². The number of allylic oxidation sites excluding steroid dienone is 1. The van der Waals surface area contributed by atoms with Crippen molar-refractivity contribution in [3.05, 3.63) is 41.5 Å². The van der Waals surface area contributed by atoms with Crippen LogP contribution in [0.4, 0.5) is 0 Å². The lowest BCUT2D eigenvalue weighted by atomic mass is 9.43. The van der Waals surface area contributed by atoms with Crippen molar-refractivity contribution in [3.63, 3.8) is 0 Å². The summed E-state index contributed by atoms with van der Waals surface area (Å²) in [5.74, 6) is 1.62. The average Bonchev–Trinajstić information content (AvgIpc) is 3.40. The zero-order valence-electron chi connectivity index (χ0n) is 20.2. The van der Waals surface area contributed by atoms with Crippen molar-refractivity contribution in [2.24, 2.45) is 45.8 Å². The highest BCUT2D eigenvalue weighted by Crippen LogP contribution is 2.82. The molecular weight excluding hydrogens is 416 g/mol. The summed E-state index contributed by atoms with van der Waals surface area (Å²) in [6.45, 7) is 6.51. The molecule has 0 saturated heterocycles. The molecule has 0 spiro atoms. The summed E-state index contributed by atoms with van der Waals surface area (Å²) < 4.78 is 11.3. The number of hydrogen-bond donors (Lipinski definition) is 1. The Morgan fingerprint density at radius 1 is 1.21 bits per heavy atom. The van der Waals surface area contributed by atoms with Gasteiger partial charge in [0.05, 0.1) is 19.1 Å². The van der Waals surface area contributed by atoms with Gasteiger partial charge >= 0.3 is 5.97 Å². The maximum atomic E-state index is 14.3. The molecule has 5 nitrogen and oxygen atoms in total. The van der Waals surface area contributed by atoms with E-state index in [-0.39, 0.29) is 36.9 Å². The largest absolute Gasteiger partial charge is 0.497 e. The Morgan fingerprint density at radius 3 is 2.55 bits per heavy atom. The molecule has 4 aliphatic carbocycles. The SMILES string of the molecule is COc1ccc(COC(=O)C23C(C(C)C)=CC4CC2(C=O)C2CCC(C)C2CC43CO)cc1. The lowest BCUT2D eigenvalue weighted by Gasteiger charge is -2.58. The van der Waals surface area contributed by atoms with E-state index < -0.39 is 16.2 Å². The van der Waals surface area contributed by atoms with E-state index in [0.29, 0.717) is 18.3 Å². The molecule has 0 radical (unpaired) electrons. The summed E-state index contributed by atoms with van der Waals surface area (Å²) in [7, 11) is 1.62. The highest BCUT2D eigenvalue weighted by Gasteiger charge is 2.84. The number of aldehydes is 1. The smallest absolute Gasteiger partial charge is 0.318 e. The minimum absolute atomic E-state index is 0.0384. The Morgan fingerprint density at radius 2 is 1.94 bits per heavy atom. The molecule has 5 rings (SSSR count). The standard InChI is InChI=1S/C28H36O5/c1-17(2)24-11-20-12-27(16-30)23-10-5-18(3)22(23)13-26(20,15-29)28(24,27)25(31)33-14-19-6-8-21(32-4)9-7-19/h6-9,11,16-18,20,22-23,29H,5,10,12-15H2,1-4H3. The minimum Gasteiger partial charge on any atom is -0.497 e. The number of benzene rings is 1. The van der Waals surface area contributed by atoms with Crippen molar-refractivity contribution in [1.29, 1.82) is 0 Å². The predicted molar refractivity (Wildman–Crippen MR) is 124 cm³/mol. The van der Waals surface area contributed by atoms with E-state index in [1.165, 1.54) is 0 Å². The molecule has 7 atom stereocenters. The quantitative estimate of drug-likeness (QED) is 0.373. The van der Waals surface area contributed by atoms with Crippen LogP contribution in [0, 0.1) is 45.8 Å². The number of carbonyl (C=O) groups excluding carboxylic acids is 2. The second kappa shape index (κ2) is 7.69. The Kier molecular flexibility index (Phi) is 5.28. The molecule has 1 aromatic rings. The van der Waals surface area contributed by atoms with Gasteiger partial charge in [-0.15, -0.1) is 0 Å². The number of methoxy groups -OCH3 is 1. The number of hydrogen-bond acceptors (Lipinski definition) is 5. The molecule has 1 N–H and O–H groups in total. The Balaban J connectivity index is 1.59. The fraction of sp³-hybridized carbons (Fsp3) is 0.643. The third-order valence-electron chi connectivity index (χ3n) is 9.92. The van der Waals surface area contributed by atoms with Crippen LogP contribution in [-0.2, 0) is 20.9 Å². The molecular formula is C28H36O5. The van der Waals surface area contributed by atoms with Gasteiger partial charge in [-0.1, -0.05) is 51.0 Å². The van der Waals surface area contributed by atoms with Crippen LogP contribution in [0.2, 0.25) is 0 Å². The highest BCUT2D eigenvalue weighted by atomic mass is 16.5. The number of ether oxygens (including phenoxy) is 2. The predicted octanol–water partition coefficient (Wildman–Crippen LogP) is 4.57. The minimum atomic E-state index is -1.08. The van der Waals surface area contributed by atoms with Crippen LogP contribution in [0.5, 0.6) is 5.75 Å². The van der Waals surface area contributed by atoms with Gasteiger partial charge in [-0.25, -0.2) is 0 Å². The van der Waals surface area contributed by atoms with Crippen molar-refractivity contribution in [3.8, 4) is 5.75 Å². The topological polar surface area (TPSA) is 72.8 Å². The Labute approximate surface area is 196 Å². The first kappa shape index (κ1) is 22.6. The van der Waals surface area contributed by atoms with Gasteiger partial charge in [-0.3, -0.25) is 4.79 Å². The van der Waals surface area contributed by atoms with Gasteiger partial charge in [0.25, 0.3) is 0 Å². The van der Waals surface area contributed by atoms with Crippen molar-refractivity contribution < 1.29 is 24.2 Å². The van der Waals surface area contributed by atoms with E-state index in [2.05, 4.69) is 26.8 Å². The first-order valence-corrected chi connectivity index (χ1v) is 12.4. The third kappa shape index (κ3) is 2.63. The molecule has 3 saturated carbocycles. The molecule has 4 aliphatic rings. The summed E-state index contributed by atoms with van der Waals surface area (Å²) in [5, 5.41) is 11.0. The van der Waals surface area contributed by atoms with Crippen LogP contribution in [0.25, 0.3) is 0 Å². The number of carbonyl (C=O) groups is 2. The summed E-state index contributed by atoms with van der Waals surface area (Å²) in [6, 6.07) is 7.48. The Bertz CT molecular complexity index is 981. The first-order chi connectivity index (χ1) is 15.8. The van der Waals surface area contributed by atoms with Crippen LogP contribution >= 0.6 is 0 Å². The molecule has 178 valence electrons. The molecule has 33 heavy (non-hydrogen) atoms. The summed E-state index contributed by atoms with van der Waals surface area (Å²) in [4.78, 5) is 27.4. The molecule has 0 aliphatic heterocycles. The average molecular weight is 453 g/mol. The summed E-state index contributed by atoms with van der Waals surface area (Å²) >= 11 is 0. The fourth-order valence-electron chi connectivity index (χ4n) is 8.61. The molecule has 4 bridgehead atoms. The Hall–Kier alpha value is -2.14. The van der Waals surface area contributed by atoms with E-state index in [1.807, 2.05) is 24.3 Å². The van der Waals surface area contributed by atoms with E-state index >= 15 is 0 Å². The van der Waals surface area contributed by atoms with Crippen molar-refractivity contribution in [1.82, 2.24) is 0 Å². The fourth-order valence-corrected chi connectivity index (χ4v) is 8.61. The molecule has 0 aromatic heterocycles. The maximum Gasteiger partial charge on any atom is 0.318 e. The number of fused-ring (bicyclic) bond motifs is 2. The zero-order chi connectivity index (χ0) is 23.6. The monoisotopic (exact) mass is 452 g/mol. The van der Waals surface area contributed by atoms with Gasteiger partial charge < -0.3 is 19.4 Å². The lowest BCUT2D eigenvalue weighted by molar-refractivity contribution is -0.190. The molecule has 7 unspecified atom stereocenters. The van der Waals surface area contributed by atoms with Crippen LogP contribution in [0.1, 0.15) is 52.0 Å². The number of esters is 1. The first-order valence-electron chi connectivity index (χ1n) is 12.4. The van der Waals surface area contributed by atoms with Gasteiger partial charge in [0.1, 0.15) is 24.1 Å². The zero-order valence-corrected chi connectivity index (χ0v) is 20.2. The molecule has 3 fully saturated rings. The normalized spacial score (nSPS) is 40.5. The van der Waals surface area contributed by atoms with Crippen LogP contribution in [-0.4, -0.2) is 31.1 Å². The molecule has 0 amide bonds. The lowest BCUT2D eigenvalue weighted by Crippen LogP contribution is -2.63. The maximum absolute atomic E-state index is 14.3. The highest BCUT2D eigenvalue weighted by molar-refractivity contribution is 5.91. The van der Waals surface area contributed by atoms with Crippen LogP contribution in [0.3, 0.4) is 0 Å². The second-order valence-corrected chi connectivity index (χ2v) is 11.3. The van der Waals surface area contributed by atoms with Crippen molar-refractivity contribution in [2.45, 2.75) is 53.1 Å². The molecule has 0 heterocycles. The second-order valence-electron chi connectivity index (χ2n) is 11.3. The van der Waals surface area contributed by atoms with Crippen molar-refractivity contribution >= 4 is 12.3 Å². The molecule has 5 heteroatoms. The molecule has 1 aromatic carbocycles.